The molecule has 0 fully saturated rings. The van der Waals surface area contributed by atoms with E-state index in [1.54, 1.807) is 0 Å². The number of imidazole rings is 5. The maximum atomic E-state index is 4.63. The third-order valence-corrected chi connectivity index (χ3v) is 16.1. The van der Waals surface area contributed by atoms with Gasteiger partial charge in [0.2, 0.25) is 0 Å². The molecule has 0 atom stereocenters. The van der Waals surface area contributed by atoms with Crippen molar-refractivity contribution in [3.63, 3.8) is 0 Å². The largest absolute Gasteiger partial charge is 0.257 e. The number of nitrogens with zero attached hydrogens (tertiary/aromatic N) is 15. The van der Waals surface area contributed by atoms with Crippen molar-refractivity contribution in [1.29, 1.82) is 0 Å². The maximum absolute atomic E-state index is 4.63. The third kappa shape index (κ3) is 10.2. The lowest BCUT2D eigenvalue weighted by Gasteiger charge is -2.02. The molecule has 0 amide bonds. The number of aromatic nitrogens is 15. The molecule has 15 nitrogen and oxygen atoms in total. The summed E-state index contributed by atoms with van der Waals surface area (Å²) in [5.74, 6) is 6.41. The normalized spacial score (nSPS) is 11.3. The highest BCUT2D eigenvalue weighted by molar-refractivity contribution is 5.80. The maximum Gasteiger partial charge on any atom is 0.254 e. The zero-order valence-corrected chi connectivity index (χ0v) is 50.6. The third-order valence-electron chi connectivity index (χ3n) is 16.1. The minimum absolute atomic E-state index is 0.993. The first-order chi connectivity index (χ1) is 35.4. The standard InChI is InChI=1S/C13H20N3.3C12H18N3.C11H16N3/c1-7-16-11(5)15(6)12-8(2)9(3)14-10(4)13(12)16;1-6-15-10(4)14(5)12-8(2)9(3)13-7-11(12)15;1-6-15-10(4)14(5)11-8(2)7-13-9(3)12(11)15;1-6-15-10(4)14(5)11-7-8(2)13-9(3)12(11)15;1-5-14-9(3)13(4)10-6-7-12-8(2)11(10)14/h7H2,1-6H3;3*7H,6H2,1-5H3;6-7H,5H2,1-4H3/q5*+1. The van der Waals surface area contributed by atoms with Crippen LogP contribution in [0.2, 0.25) is 0 Å². The van der Waals surface area contributed by atoms with Crippen LogP contribution in [0.5, 0.6) is 0 Å². The molecule has 10 aromatic rings. The highest BCUT2D eigenvalue weighted by atomic mass is 15.2. The van der Waals surface area contributed by atoms with Crippen LogP contribution in [0.25, 0.3) is 55.2 Å². The van der Waals surface area contributed by atoms with Crippen LogP contribution >= 0.6 is 0 Å². The molecule has 0 N–H and O–H groups in total. The molecule has 0 aromatic carbocycles. The van der Waals surface area contributed by atoms with Gasteiger partial charge in [0.25, 0.3) is 29.1 Å². The van der Waals surface area contributed by atoms with Gasteiger partial charge < -0.3 is 0 Å². The Bertz CT molecular complexity index is 3750. The smallest absolute Gasteiger partial charge is 0.254 e. The second-order valence-corrected chi connectivity index (χ2v) is 20.3. The van der Waals surface area contributed by atoms with Crippen LogP contribution in [0, 0.1) is 104 Å². The van der Waals surface area contributed by atoms with Gasteiger partial charge in [0.05, 0.1) is 96.9 Å². The Morgan fingerprint density at radius 1 is 0.413 bits per heavy atom. The molecule has 75 heavy (non-hydrogen) atoms. The van der Waals surface area contributed by atoms with Gasteiger partial charge in [0.1, 0.15) is 0 Å². The fourth-order valence-electron chi connectivity index (χ4n) is 11.4. The van der Waals surface area contributed by atoms with E-state index in [0.717, 1.165) is 72.6 Å². The van der Waals surface area contributed by atoms with Crippen LogP contribution in [0.1, 0.15) is 120 Å². The number of fused-ring (bicyclic) bond motifs is 5. The Labute approximate surface area is 446 Å². The van der Waals surface area contributed by atoms with Gasteiger partial charge in [-0.3, -0.25) is 24.9 Å². The SMILES string of the molecule is CC[n+]1c(C)n(C)c2cc(C)nc(C)c21.CC[n+]1c(C)n(C)c2ccnc(C)c21.CCn1c(C)[n+](C)c2c(C)c(C)nc(C)c21.CCn1c(C)[n+](C)c2c(C)c(C)ncc21.CCn1c(C)[n+](C)c2c(C)cnc(C)c21. The number of hydrogen-bond donors (Lipinski definition) is 0. The van der Waals surface area contributed by atoms with Crippen molar-refractivity contribution in [3.8, 4) is 0 Å². The molecule has 0 saturated carbocycles. The van der Waals surface area contributed by atoms with Crippen molar-refractivity contribution >= 4 is 55.2 Å². The second kappa shape index (κ2) is 22.9. The Balaban J connectivity index is 0.000000152. The number of aryl methyl sites for hydroxylation is 20. The van der Waals surface area contributed by atoms with E-state index in [4.69, 9.17) is 0 Å². The van der Waals surface area contributed by atoms with Gasteiger partial charge in [-0.15, -0.1) is 0 Å². The summed E-state index contributed by atoms with van der Waals surface area (Å²) in [7, 11) is 10.6. The number of rotatable bonds is 5. The summed E-state index contributed by atoms with van der Waals surface area (Å²) in [6.07, 6.45) is 5.81. The molecule has 15 heteroatoms. The molecule has 0 unspecified atom stereocenters. The van der Waals surface area contributed by atoms with Crippen LogP contribution in [0.15, 0.2) is 30.7 Å². The van der Waals surface area contributed by atoms with E-state index >= 15 is 0 Å². The topological polar surface area (TPSA) is 108 Å². The summed E-state index contributed by atoms with van der Waals surface area (Å²) in [6, 6.07) is 4.23. The summed E-state index contributed by atoms with van der Waals surface area (Å²) < 4.78 is 22.8. The van der Waals surface area contributed by atoms with E-state index in [0.29, 0.717) is 0 Å². The van der Waals surface area contributed by atoms with Gasteiger partial charge in [0.15, 0.2) is 55.2 Å². The van der Waals surface area contributed by atoms with E-state index in [2.05, 4.69) is 250 Å². The molecule has 10 heterocycles. The fraction of sp³-hybridized carbons (Fsp3) is 0.500. The second-order valence-electron chi connectivity index (χ2n) is 20.3. The van der Waals surface area contributed by atoms with Crippen molar-refractivity contribution in [2.75, 3.05) is 0 Å². The van der Waals surface area contributed by atoms with E-state index in [1.807, 2.05) is 25.5 Å². The van der Waals surface area contributed by atoms with E-state index in [-0.39, 0.29) is 0 Å². The first-order valence-corrected chi connectivity index (χ1v) is 26.9. The first-order valence-electron chi connectivity index (χ1n) is 26.9. The van der Waals surface area contributed by atoms with Crippen molar-refractivity contribution in [2.24, 2.45) is 35.2 Å². The summed E-state index contributed by atoms with van der Waals surface area (Å²) in [4.78, 5) is 22.4. The molecule has 0 spiro atoms. The van der Waals surface area contributed by atoms with Crippen molar-refractivity contribution in [1.82, 2.24) is 47.8 Å². The molecule has 0 radical (unpaired) electrons. The molecule has 0 aliphatic heterocycles. The summed E-state index contributed by atoms with van der Waals surface area (Å²) in [5, 5.41) is 0. The van der Waals surface area contributed by atoms with Gasteiger partial charge in [-0.25, -0.2) is 45.7 Å². The van der Waals surface area contributed by atoms with Crippen LogP contribution in [0.3, 0.4) is 0 Å². The van der Waals surface area contributed by atoms with Crippen LogP contribution in [0.4, 0.5) is 0 Å². The summed E-state index contributed by atoms with van der Waals surface area (Å²) in [6.45, 7) is 47.5. The minimum atomic E-state index is 0.993. The zero-order chi connectivity index (χ0) is 55.8. The van der Waals surface area contributed by atoms with E-state index < -0.39 is 0 Å². The van der Waals surface area contributed by atoms with Gasteiger partial charge >= 0.3 is 0 Å². The minimum Gasteiger partial charge on any atom is -0.257 e. The highest BCUT2D eigenvalue weighted by Gasteiger charge is 2.26. The lowest BCUT2D eigenvalue weighted by atomic mass is 10.1. The molecule has 10 aromatic heterocycles. The predicted octanol–water partition coefficient (Wildman–Crippen LogP) is 9.03. The quantitative estimate of drug-likeness (QED) is 0.160. The summed E-state index contributed by atoms with van der Waals surface area (Å²) in [5.41, 5.74) is 24.4. The molecule has 0 aliphatic rings. The monoisotopic (exact) mass is 1020 g/mol. The van der Waals surface area contributed by atoms with Gasteiger partial charge in [-0.1, -0.05) is 0 Å². The molecule has 0 saturated heterocycles. The highest BCUT2D eigenvalue weighted by Crippen LogP contribution is 2.24. The lowest BCUT2D eigenvalue weighted by Crippen LogP contribution is -2.35. The Morgan fingerprint density at radius 3 is 1.43 bits per heavy atom. The van der Waals surface area contributed by atoms with Crippen molar-refractivity contribution < 1.29 is 22.8 Å². The number of pyridine rings is 5. The molecule has 0 bridgehead atoms. The number of hydrogen-bond acceptors (Lipinski definition) is 5. The van der Waals surface area contributed by atoms with Crippen molar-refractivity contribution in [2.45, 2.75) is 171 Å². The van der Waals surface area contributed by atoms with Gasteiger partial charge in [-0.2, -0.15) is 0 Å². The van der Waals surface area contributed by atoms with Crippen LogP contribution < -0.4 is 22.8 Å². The van der Waals surface area contributed by atoms with E-state index in [1.165, 1.54) is 101 Å². The van der Waals surface area contributed by atoms with E-state index in [9.17, 15) is 0 Å². The van der Waals surface area contributed by atoms with Gasteiger partial charge in [0, 0.05) is 92.9 Å². The Morgan fingerprint density at radius 2 is 0.880 bits per heavy atom. The molecule has 10 rings (SSSR count). The molecular weight excluding hydrogens is 931 g/mol. The van der Waals surface area contributed by atoms with Crippen LogP contribution in [-0.4, -0.2) is 47.8 Å². The lowest BCUT2D eigenvalue weighted by molar-refractivity contribution is -0.675. The first kappa shape index (κ1) is 57.4. The molecule has 0 aliphatic carbocycles. The Kier molecular flexibility index (Phi) is 17.5. The van der Waals surface area contributed by atoms with Crippen LogP contribution in [-0.2, 0) is 68.0 Å². The average Bonchev–Trinajstić information content (AvgIpc) is 4.07. The average molecular weight is 1020 g/mol. The molecule has 400 valence electrons. The van der Waals surface area contributed by atoms with Crippen molar-refractivity contribution in [3.05, 3.63) is 116 Å². The molecular formula is C60H90N15+5. The fourth-order valence-corrected chi connectivity index (χ4v) is 11.4. The van der Waals surface area contributed by atoms with Gasteiger partial charge in [-0.05, 0) is 104 Å². The summed E-state index contributed by atoms with van der Waals surface area (Å²) >= 11 is 0. The Hall–Kier alpha value is -6.90. The predicted molar refractivity (Wildman–Crippen MR) is 304 cm³/mol. The zero-order valence-electron chi connectivity index (χ0n) is 50.6.